The average Bonchev–Trinajstić information content (AvgIpc) is 3.74. The maximum absolute atomic E-state index is 13.6. The van der Waals surface area contributed by atoms with E-state index in [4.69, 9.17) is 25.8 Å². The summed E-state index contributed by atoms with van der Waals surface area (Å²) >= 11 is 5.94. The van der Waals surface area contributed by atoms with Gasteiger partial charge < -0.3 is 24.8 Å². The first-order valence-electron chi connectivity index (χ1n) is 12.9. The molecule has 10 nitrogen and oxygen atoms in total. The number of hydrogen-bond donors (Lipinski definition) is 2. The average molecular weight is 570 g/mol. The molecule has 2 fully saturated rings. The number of fused-ring (bicyclic) bond motifs is 1. The van der Waals surface area contributed by atoms with Crippen LogP contribution in [0.4, 0.5) is 21.6 Å². The summed E-state index contributed by atoms with van der Waals surface area (Å²) in [6, 6.07) is 7.78. The summed E-state index contributed by atoms with van der Waals surface area (Å²) in [5.41, 5.74) is 1.61. The number of esters is 1. The number of benzene rings is 2. The van der Waals surface area contributed by atoms with Crippen molar-refractivity contribution < 1.29 is 28.2 Å². The second-order valence-electron chi connectivity index (χ2n) is 9.75. The van der Waals surface area contributed by atoms with E-state index in [1.165, 1.54) is 24.5 Å². The first kappa shape index (κ1) is 27.8. The molecule has 0 bridgehead atoms. The molecule has 40 heavy (non-hydrogen) atoms. The molecule has 0 unspecified atom stereocenters. The van der Waals surface area contributed by atoms with Crippen LogP contribution in [0.5, 0.6) is 5.75 Å². The number of rotatable bonds is 11. The van der Waals surface area contributed by atoms with Crippen LogP contribution in [-0.4, -0.2) is 72.8 Å². The SMILES string of the molecule is COC[C@H]1CN(C/C=C/C(=O)Nc2cc3c(Nc4ccc(F)c(Cl)c4)ncnc3cc2OCC2CC2)CC(=O)O1. The number of nitrogens with one attached hydrogen (secondary N) is 2. The number of morpholine rings is 1. The van der Waals surface area contributed by atoms with Gasteiger partial charge in [-0.3, -0.25) is 14.5 Å². The molecule has 2 heterocycles. The molecule has 0 radical (unpaired) electrons. The van der Waals surface area contributed by atoms with Gasteiger partial charge in [-0.25, -0.2) is 14.4 Å². The zero-order chi connectivity index (χ0) is 28.1. The second kappa shape index (κ2) is 12.6. The van der Waals surface area contributed by atoms with Crippen molar-refractivity contribution in [2.75, 3.05) is 50.6 Å². The van der Waals surface area contributed by atoms with Crippen LogP contribution in [0.25, 0.3) is 10.9 Å². The predicted octanol–water partition coefficient (Wildman–Crippen LogP) is 4.32. The molecule has 1 aromatic heterocycles. The van der Waals surface area contributed by atoms with Crippen molar-refractivity contribution in [1.82, 2.24) is 14.9 Å². The molecule has 5 rings (SSSR count). The second-order valence-corrected chi connectivity index (χ2v) is 10.2. The highest BCUT2D eigenvalue weighted by atomic mass is 35.5. The van der Waals surface area contributed by atoms with Gasteiger partial charge in [0.1, 0.15) is 29.8 Å². The Hall–Kier alpha value is -3.80. The van der Waals surface area contributed by atoms with Crippen LogP contribution < -0.4 is 15.4 Å². The van der Waals surface area contributed by atoms with E-state index in [2.05, 4.69) is 20.6 Å². The quantitative estimate of drug-likeness (QED) is 0.257. The zero-order valence-corrected chi connectivity index (χ0v) is 22.6. The topological polar surface area (TPSA) is 115 Å². The number of carbonyl (C=O) groups is 2. The lowest BCUT2D eigenvalue weighted by Crippen LogP contribution is -2.47. The molecule has 1 aliphatic heterocycles. The van der Waals surface area contributed by atoms with Crippen LogP contribution in [0, 0.1) is 11.7 Å². The van der Waals surface area contributed by atoms with Crippen LogP contribution in [-0.2, 0) is 19.1 Å². The lowest BCUT2D eigenvalue weighted by Gasteiger charge is -2.30. The molecule has 1 atom stereocenters. The molecule has 1 amide bonds. The molecule has 3 aromatic rings. The molecule has 1 saturated carbocycles. The van der Waals surface area contributed by atoms with E-state index >= 15 is 0 Å². The minimum absolute atomic E-state index is 0.0190. The van der Waals surface area contributed by atoms with Crippen molar-refractivity contribution in [3.05, 3.63) is 59.7 Å². The number of cyclic esters (lactones) is 1. The predicted molar refractivity (Wildman–Crippen MR) is 148 cm³/mol. The van der Waals surface area contributed by atoms with E-state index in [9.17, 15) is 14.0 Å². The third-order valence-corrected chi connectivity index (χ3v) is 6.74. The standard InChI is InChI=1S/C28H29ClFN5O5/c1-38-15-19-12-35(13-27(37)40-19)8-2-3-26(36)34-24-10-20-23(11-25(24)39-14-17-4-5-17)31-16-32-28(20)33-18-6-7-22(30)21(29)9-18/h2-3,6-7,9-11,16-17,19H,4-5,8,12-15H2,1H3,(H,34,36)(H,31,32,33)/b3-2+/t19-/m1/s1. The molecular formula is C28H29ClFN5O5. The number of carbonyl (C=O) groups excluding carboxylic acids is 2. The van der Waals surface area contributed by atoms with Gasteiger partial charge in [0.2, 0.25) is 5.91 Å². The van der Waals surface area contributed by atoms with Gasteiger partial charge >= 0.3 is 5.97 Å². The monoisotopic (exact) mass is 569 g/mol. The van der Waals surface area contributed by atoms with E-state index < -0.39 is 5.82 Å². The lowest BCUT2D eigenvalue weighted by molar-refractivity contribution is -0.161. The summed E-state index contributed by atoms with van der Waals surface area (Å²) in [5, 5.41) is 6.64. The summed E-state index contributed by atoms with van der Waals surface area (Å²) in [6.07, 6.45) is 6.41. The molecule has 1 aliphatic carbocycles. The molecule has 12 heteroatoms. The molecule has 1 saturated heterocycles. The molecular weight excluding hydrogens is 541 g/mol. The van der Waals surface area contributed by atoms with Crippen LogP contribution in [0.15, 0.2) is 48.8 Å². The third-order valence-electron chi connectivity index (χ3n) is 6.45. The van der Waals surface area contributed by atoms with Gasteiger partial charge in [-0.05, 0) is 43.0 Å². The number of anilines is 3. The zero-order valence-electron chi connectivity index (χ0n) is 21.9. The van der Waals surface area contributed by atoms with Gasteiger partial charge in [-0.1, -0.05) is 17.7 Å². The Balaban J connectivity index is 1.33. The lowest BCUT2D eigenvalue weighted by atomic mass is 10.1. The summed E-state index contributed by atoms with van der Waals surface area (Å²) in [5.74, 6) is 0.245. The van der Waals surface area contributed by atoms with Crippen molar-refractivity contribution >= 4 is 51.6 Å². The fraction of sp³-hybridized carbons (Fsp3) is 0.357. The van der Waals surface area contributed by atoms with E-state index in [1.807, 2.05) is 4.90 Å². The Labute approximate surface area is 235 Å². The molecule has 0 spiro atoms. The van der Waals surface area contributed by atoms with E-state index in [1.54, 1.807) is 31.4 Å². The fourth-order valence-electron chi connectivity index (χ4n) is 4.29. The van der Waals surface area contributed by atoms with Crippen molar-refractivity contribution in [2.24, 2.45) is 5.92 Å². The van der Waals surface area contributed by atoms with Crippen molar-refractivity contribution in [3.8, 4) is 5.75 Å². The Morgan fingerprint density at radius 2 is 2.10 bits per heavy atom. The van der Waals surface area contributed by atoms with Crippen LogP contribution in [0.2, 0.25) is 5.02 Å². The van der Waals surface area contributed by atoms with Gasteiger partial charge in [0.25, 0.3) is 0 Å². The summed E-state index contributed by atoms with van der Waals surface area (Å²) in [7, 11) is 1.55. The van der Waals surface area contributed by atoms with Crippen LogP contribution in [0.3, 0.4) is 0 Å². The number of methoxy groups -OCH3 is 1. The first-order valence-corrected chi connectivity index (χ1v) is 13.3. The number of amides is 1. The van der Waals surface area contributed by atoms with Gasteiger partial charge in [0.15, 0.2) is 0 Å². The van der Waals surface area contributed by atoms with Gasteiger partial charge in [0, 0.05) is 43.4 Å². The molecule has 2 N–H and O–H groups in total. The van der Waals surface area contributed by atoms with Crippen molar-refractivity contribution in [2.45, 2.75) is 18.9 Å². The largest absolute Gasteiger partial charge is 0.491 e. The maximum Gasteiger partial charge on any atom is 0.320 e. The normalized spacial score (nSPS) is 17.7. The Bertz CT molecular complexity index is 1430. The Kier molecular flexibility index (Phi) is 8.73. The highest BCUT2D eigenvalue weighted by Gasteiger charge is 2.26. The molecule has 2 aromatic carbocycles. The van der Waals surface area contributed by atoms with Crippen LogP contribution in [0.1, 0.15) is 12.8 Å². The van der Waals surface area contributed by atoms with Crippen molar-refractivity contribution in [1.29, 1.82) is 0 Å². The number of nitrogens with zero attached hydrogens (tertiary/aromatic N) is 3. The minimum Gasteiger partial charge on any atom is -0.491 e. The van der Waals surface area contributed by atoms with Gasteiger partial charge in [-0.15, -0.1) is 0 Å². The smallest absolute Gasteiger partial charge is 0.320 e. The maximum atomic E-state index is 13.6. The Morgan fingerprint density at radius 1 is 1.25 bits per heavy atom. The van der Waals surface area contributed by atoms with Crippen LogP contribution >= 0.6 is 11.6 Å². The highest BCUT2D eigenvalue weighted by Crippen LogP contribution is 2.36. The van der Waals surface area contributed by atoms with Gasteiger partial charge in [-0.2, -0.15) is 0 Å². The van der Waals surface area contributed by atoms with E-state index in [0.29, 0.717) is 66.1 Å². The summed E-state index contributed by atoms with van der Waals surface area (Å²) in [6.45, 7) is 1.91. The Morgan fingerprint density at radius 3 is 2.88 bits per heavy atom. The minimum atomic E-state index is -0.523. The summed E-state index contributed by atoms with van der Waals surface area (Å²) in [4.78, 5) is 35.3. The highest BCUT2D eigenvalue weighted by molar-refractivity contribution is 6.31. The van der Waals surface area contributed by atoms with E-state index in [-0.39, 0.29) is 29.5 Å². The number of aromatic nitrogens is 2. The van der Waals surface area contributed by atoms with E-state index in [0.717, 1.165) is 12.8 Å². The number of ether oxygens (including phenoxy) is 3. The first-order chi connectivity index (χ1) is 19.4. The summed E-state index contributed by atoms with van der Waals surface area (Å²) < 4.78 is 30.0. The number of halogens is 2. The third kappa shape index (κ3) is 7.23. The van der Waals surface area contributed by atoms with Crippen molar-refractivity contribution in [3.63, 3.8) is 0 Å². The number of hydrogen-bond acceptors (Lipinski definition) is 9. The fourth-order valence-corrected chi connectivity index (χ4v) is 4.47. The molecule has 210 valence electrons. The van der Waals surface area contributed by atoms with Gasteiger partial charge in [0.05, 0.1) is 36.0 Å². The molecule has 2 aliphatic rings.